The lowest BCUT2D eigenvalue weighted by molar-refractivity contribution is -0.145. The van der Waals surface area contributed by atoms with Crippen LogP contribution in [-0.4, -0.2) is 36.4 Å². The van der Waals surface area contributed by atoms with Crippen LogP contribution in [0.1, 0.15) is 46.5 Å². The summed E-state index contributed by atoms with van der Waals surface area (Å²) in [6.45, 7) is 8.09. The van der Waals surface area contributed by atoms with Gasteiger partial charge in [0.2, 0.25) is 0 Å². The monoisotopic (exact) mass is 257 g/mol. The van der Waals surface area contributed by atoms with Gasteiger partial charge in [0.25, 0.3) is 5.91 Å². The van der Waals surface area contributed by atoms with Gasteiger partial charge in [0.1, 0.15) is 6.61 Å². The SMILES string of the molecule is CC(C)(C)OC1(NCC2CCC(CO)CC2)CO1. The van der Waals surface area contributed by atoms with Crippen LogP contribution in [0.4, 0.5) is 0 Å². The normalized spacial score (nSPS) is 36.7. The summed E-state index contributed by atoms with van der Waals surface area (Å²) in [5, 5.41) is 12.5. The minimum absolute atomic E-state index is 0.182. The van der Waals surface area contributed by atoms with Crippen molar-refractivity contribution in [3.63, 3.8) is 0 Å². The first-order valence-corrected chi connectivity index (χ1v) is 7.12. The molecular weight excluding hydrogens is 230 g/mol. The summed E-state index contributed by atoms with van der Waals surface area (Å²) in [6, 6.07) is 0. The van der Waals surface area contributed by atoms with Crippen LogP contribution in [0.2, 0.25) is 0 Å². The number of nitrogens with one attached hydrogen (secondary N) is 1. The van der Waals surface area contributed by atoms with Gasteiger partial charge < -0.3 is 14.6 Å². The quantitative estimate of drug-likeness (QED) is 0.583. The maximum atomic E-state index is 9.12. The van der Waals surface area contributed by atoms with Crippen molar-refractivity contribution in [3.8, 4) is 0 Å². The molecule has 2 rings (SSSR count). The molecule has 0 aromatic rings. The van der Waals surface area contributed by atoms with E-state index in [1.807, 2.05) is 20.8 Å². The number of rotatable bonds is 5. The molecule has 1 saturated heterocycles. The van der Waals surface area contributed by atoms with E-state index >= 15 is 0 Å². The summed E-state index contributed by atoms with van der Waals surface area (Å²) in [6.07, 6.45) is 4.70. The molecule has 4 heteroatoms. The second-order valence-corrected chi connectivity index (χ2v) is 6.71. The molecule has 1 saturated carbocycles. The summed E-state index contributed by atoms with van der Waals surface area (Å²) in [7, 11) is 0. The molecule has 1 unspecified atom stereocenters. The molecule has 0 aromatic heterocycles. The van der Waals surface area contributed by atoms with Crippen LogP contribution in [0.15, 0.2) is 0 Å². The fourth-order valence-electron chi connectivity index (χ4n) is 2.68. The smallest absolute Gasteiger partial charge is 0.253 e. The van der Waals surface area contributed by atoms with Crippen molar-refractivity contribution in [2.45, 2.75) is 58.0 Å². The Hall–Kier alpha value is -0.160. The van der Waals surface area contributed by atoms with Crippen molar-refractivity contribution < 1.29 is 14.6 Å². The second-order valence-electron chi connectivity index (χ2n) is 6.71. The van der Waals surface area contributed by atoms with Gasteiger partial charge in [-0.25, -0.2) is 0 Å². The maximum Gasteiger partial charge on any atom is 0.253 e. The van der Waals surface area contributed by atoms with Crippen molar-refractivity contribution in [2.24, 2.45) is 11.8 Å². The highest BCUT2D eigenvalue weighted by atomic mass is 16.8. The molecule has 106 valence electrons. The molecule has 0 bridgehead atoms. The zero-order valence-corrected chi connectivity index (χ0v) is 11.9. The Kier molecular flexibility index (Phi) is 4.32. The third kappa shape index (κ3) is 4.19. The lowest BCUT2D eigenvalue weighted by atomic mass is 9.82. The number of epoxide rings is 1. The second kappa shape index (κ2) is 5.45. The average molecular weight is 257 g/mol. The summed E-state index contributed by atoms with van der Waals surface area (Å²) in [4.78, 5) is 0. The van der Waals surface area contributed by atoms with Gasteiger partial charge in [0.15, 0.2) is 0 Å². The van der Waals surface area contributed by atoms with Gasteiger partial charge in [-0.05, 0) is 58.3 Å². The van der Waals surface area contributed by atoms with Crippen LogP contribution >= 0.6 is 0 Å². The molecule has 0 radical (unpaired) electrons. The first-order chi connectivity index (χ1) is 8.42. The first-order valence-electron chi connectivity index (χ1n) is 7.12. The van der Waals surface area contributed by atoms with Crippen LogP contribution in [0, 0.1) is 11.8 Å². The standard InChI is InChI=1S/C14H27NO3/c1-13(2,3)18-14(10-17-14)15-8-11-4-6-12(9-16)7-5-11/h11-12,15-16H,4-10H2,1-3H3. The van der Waals surface area contributed by atoms with Gasteiger partial charge in [-0.1, -0.05) is 0 Å². The molecule has 2 aliphatic rings. The van der Waals surface area contributed by atoms with Crippen molar-refractivity contribution in [1.29, 1.82) is 0 Å². The highest BCUT2D eigenvalue weighted by Gasteiger charge is 2.49. The highest BCUT2D eigenvalue weighted by molar-refractivity contribution is 4.84. The molecule has 1 atom stereocenters. The molecule has 0 aromatic carbocycles. The van der Waals surface area contributed by atoms with Gasteiger partial charge in [-0.15, -0.1) is 0 Å². The summed E-state index contributed by atoms with van der Waals surface area (Å²) in [5.41, 5.74) is -0.182. The van der Waals surface area contributed by atoms with Crippen LogP contribution < -0.4 is 5.32 Å². The van der Waals surface area contributed by atoms with Gasteiger partial charge in [-0.3, -0.25) is 5.32 Å². The number of hydrogen-bond donors (Lipinski definition) is 2. The van der Waals surface area contributed by atoms with E-state index in [4.69, 9.17) is 14.6 Å². The van der Waals surface area contributed by atoms with Crippen molar-refractivity contribution in [2.75, 3.05) is 19.8 Å². The number of ether oxygens (including phenoxy) is 2. The predicted octanol–water partition coefficient (Wildman–Crippen LogP) is 1.87. The molecule has 18 heavy (non-hydrogen) atoms. The van der Waals surface area contributed by atoms with Crippen molar-refractivity contribution in [3.05, 3.63) is 0 Å². The molecule has 1 aliphatic heterocycles. The number of hydrogen-bond acceptors (Lipinski definition) is 4. The van der Waals surface area contributed by atoms with Gasteiger partial charge >= 0.3 is 0 Å². The maximum absolute atomic E-state index is 9.12. The molecule has 2 N–H and O–H groups in total. The fourth-order valence-corrected chi connectivity index (χ4v) is 2.68. The van der Waals surface area contributed by atoms with E-state index in [1.165, 1.54) is 12.8 Å². The number of aliphatic hydroxyl groups is 1. The average Bonchev–Trinajstić information content (AvgIpc) is 3.05. The van der Waals surface area contributed by atoms with Crippen molar-refractivity contribution >= 4 is 0 Å². The largest absolute Gasteiger partial charge is 0.396 e. The zero-order valence-electron chi connectivity index (χ0n) is 11.9. The predicted molar refractivity (Wildman–Crippen MR) is 70.1 cm³/mol. The fraction of sp³-hybridized carbons (Fsp3) is 1.00. The third-order valence-corrected chi connectivity index (χ3v) is 3.76. The topological polar surface area (TPSA) is 54.0 Å². The number of aliphatic hydroxyl groups excluding tert-OH is 1. The third-order valence-electron chi connectivity index (χ3n) is 3.76. The highest BCUT2D eigenvalue weighted by Crippen LogP contribution is 2.33. The van der Waals surface area contributed by atoms with E-state index in [2.05, 4.69) is 5.32 Å². The van der Waals surface area contributed by atoms with Crippen LogP contribution in [0.5, 0.6) is 0 Å². The first kappa shape index (κ1) is 14.3. The van der Waals surface area contributed by atoms with E-state index in [-0.39, 0.29) is 5.60 Å². The molecule has 1 aliphatic carbocycles. The van der Waals surface area contributed by atoms with Crippen molar-refractivity contribution in [1.82, 2.24) is 5.32 Å². The van der Waals surface area contributed by atoms with Gasteiger partial charge in [0, 0.05) is 13.2 Å². The molecule has 4 nitrogen and oxygen atoms in total. The Morgan fingerprint density at radius 3 is 2.22 bits per heavy atom. The minimum Gasteiger partial charge on any atom is -0.396 e. The lowest BCUT2D eigenvalue weighted by Gasteiger charge is -2.30. The Bertz CT molecular complexity index is 263. The Morgan fingerprint density at radius 2 is 1.78 bits per heavy atom. The zero-order chi connectivity index (χ0) is 13.2. The minimum atomic E-state index is -0.522. The Balaban J connectivity index is 1.69. The lowest BCUT2D eigenvalue weighted by Crippen LogP contribution is -2.44. The van der Waals surface area contributed by atoms with Gasteiger partial charge in [0.05, 0.1) is 5.60 Å². The summed E-state index contributed by atoms with van der Waals surface area (Å²) >= 11 is 0. The van der Waals surface area contributed by atoms with E-state index in [0.717, 1.165) is 19.4 Å². The molecule has 1 heterocycles. The summed E-state index contributed by atoms with van der Waals surface area (Å²) in [5.74, 6) is 0.696. The van der Waals surface area contributed by atoms with Crippen LogP contribution in [0.25, 0.3) is 0 Å². The van der Waals surface area contributed by atoms with E-state index in [1.54, 1.807) is 0 Å². The molecule has 2 fully saturated rings. The molecular formula is C14H27NO3. The molecule has 0 amide bonds. The van der Waals surface area contributed by atoms with E-state index in [0.29, 0.717) is 25.0 Å². The van der Waals surface area contributed by atoms with Gasteiger partial charge in [-0.2, -0.15) is 0 Å². The van der Waals surface area contributed by atoms with Crippen LogP contribution in [-0.2, 0) is 9.47 Å². The molecule has 0 spiro atoms. The van der Waals surface area contributed by atoms with Crippen LogP contribution in [0.3, 0.4) is 0 Å². The van der Waals surface area contributed by atoms with E-state index in [9.17, 15) is 0 Å². The summed E-state index contributed by atoms with van der Waals surface area (Å²) < 4.78 is 11.3. The Labute approximate surface area is 110 Å². The van der Waals surface area contributed by atoms with E-state index < -0.39 is 5.91 Å². The Morgan fingerprint density at radius 1 is 1.22 bits per heavy atom.